The third-order valence-electron chi connectivity index (χ3n) is 3.32. The van der Waals surface area contributed by atoms with Crippen molar-refractivity contribution >= 4 is 16.9 Å². The largest absolute Gasteiger partial charge is 0.356 e. The van der Waals surface area contributed by atoms with Crippen molar-refractivity contribution in [1.29, 1.82) is 0 Å². The zero-order chi connectivity index (χ0) is 14.4. The van der Waals surface area contributed by atoms with Crippen LogP contribution in [0.15, 0.2) is 29.1 Å². The summed E-state index contributed by atoms with van der Waals surface area (Å²) in [7, 11) is 0. The number of aromatic amines is 1. The minimum Gasteiger partial charge on any atom is -0.356 e. The number of aryl methyl sites for hydroxylation is 1. The number of nitrogens with zero attached hydrogens (tertiary/aromatic N) is 1. The maximum absolute atomic E-state index is 11.8. The number of unbranched alkanes of at least 4 members (excludes halogenated alkanes) is 1. The van der Waals surface area contributed by atoms with Crippen LogP contribution >= 0.6 is 0 Å². The Kier molecular flexibility index (Phi) is 4.98. The molecule has 1 aromatic carbocycles. The summed E-state index contributed by atoms with van der Waals surface area (Å²) in [5.41, 5.74) is 1.67. The van der Waals surface area contributed by atoms with Crippen LogP contribution in [0.5, 0.6) is 0 Å². The van der Waals surface area contributed by atoms with E-state index >= 15 is 0 Å². The van der Waals surface area contributed by atoms with Gasteiger partial charge in [-0.25, -0.2) is 4.79 Å². The number of carbonyl (C=O) groups excluding carboxylic acids is 1. The summed E-state index contributed by atoms with van der Waals surface area (Å²) in [5.74, 6) is 0.0955. The van der Waals surface area contributed by atoms with Gasteiger partial charge in [0.05, 0.1) is 11.0 Å². The molecule has 1 amide bonds. The Morgan fingerprint density at radius 2 is 2.10 bits per heavy atom. The van der Waals surface area contributed by atoms with E-state index in [-0.39, 0.29) is 11.6 Å². The Hall–Kier alpha value is -2.04. The van der Waals surface area contributed by atoms with Crippen LogP contribution in [0.2, 0.25) is 0 Å². The molecule has 2 aromatic rings. The molecule has 20 heavy (non-hydrogen) atoms. The summed E-state index contributed by atoms with van der Waals surface area (Å²) < 4.78 is 1.72. The minimum atomic E-state index is -0.0940. The highest BCUT2D eigenvalue weighted by Gasteiger charge is 2.05. The molecule has 108 valence electrons. The molecule has 0 radical (unpaired) electrons. The lowest BCUT2D eigenvalue weighted by Crippen LogP contribution is -2.26. The molecule has 5 nitrogen and oxygen atoms in total. The first kappa shape index (κ1) is 14.4. The first-order chi connectivity index (χ1) is 9.72. The van der Waals surface area contributed by atoms with Crippen LogP contribution in [0.3, 0.4) is 0 Å². The van der Waals surface area contributed by atoms with E-state index in [1.165, 1.54) is 0 Å². The summed E-state index contributed by atoms with van der Waals surface area (Å²) in [6, 6.07) is 7.63. The predicted octanol–water partition coefficient (Wildman–Crippen LogP) is 2.03. The SMILES string of the molecule is CCCCC(=O)NCCCn1c(=O)[nH]c2ccccc21. The van der Waals surface area contributed by atoms with E-state index in [4.69, 9.17) is 0 Å². The first-order valence-electron chi connectivity index (χ1n) is 7.16. The number of nitrogens with one attached hydrogen (secondary N) is 2. The summed E-state index contributed by atoms with van der Waals surface area (Å²) in [5, 5.41) is 2.88. The molecule has 2 N–H and O–H groups in total. The normalized spacial score (nSPS) is 10.8. The average molecular weight is 275 g/mol. The fraction of sp³-hybridized carbons (Fsp3) is 0.467. The van der Waals surface area contributed by atoms with Crippen molar-refractivity contribution in [2.45, 2.75) is 39.2 Å². The molecule has 0 fully saturated rings. The highest BCUT2D eigenvalue weighted by molar-refractivity contribution is 5.76. The molecule has 0 atom stereocenters. The van der Waals surface area contributed by atoms with Crippen LogP contribution in [-0.4, -0.2) is 22.0 Å². The van der Waals surface area contributed by atoms with E-state index in [9.17, 15) is 9.59 Å². The molecular formula is C15H21N3O2. The minimum absolute atomic E-state index is 0.0940. The number of aromatic nitrogens is 2. The Bertz CT molecular complexity index is 627. The second kappa shape index (κ2) is 6.93. The van der Waals surface area contributed by atoms with Gasteiger partial charge >= 0.3 is 5.69 Å². The number of fused-ring (bicyclic) bond motifs is 1. The number of hydrogen-bond acceptors (Lipinski definition) is 2. The lowest BCUT2D eigenvalue weighted by atomic mass is 10.2. The van der Waals surface area contributed by atoms with Gasteiger partial charge in [-0.3, -0.25) is 9.36 Å². The monoisotopic (exact) mass is 275 g/mol. The van der Waals surface area contributed by atoms with E-state index in [1.807, 2.05) is 24.3 Å². The van der Waals surface area contributed by atoms with Gasteiger partial charge in [-0.05, 0) is 25.0 Å². The second-order valence-corrected chi connectivity index (χ2v) is 4.91. The van der Waals surface area contributed by atoms with E-state index in [2.05, 4.69) is 17.2 Å². The number of rotatable bonds is 7. The molecule has 0 unspecified atom stereocenters. The van der Waals surface area contributed by atoms with E-state index in [0.29, 0.717) is 19.5 Å². The lowest BCUT2D eigenvalue weighted by Gasteiger charge is -2.05. The topological polar surface area (TPSA) is 66.9 Å². The number of hydrogen-bond donors (Lipinski definition) is 2. The molecule has 0 saturated carbocycles. The van der Waals surface area contributed by atoms with Crippen molar-refractivity contribution in [3.63, 3.8) is 0 Å². The van der Waals surface area contributed by atoms with Gasteiger partial charge in [0.2, 0.25) is 5.91 Å². The van der Waals surface area contributed by atoms with Crippen LogP contribution in [0, 0.1) is 0 Å². The molecule has 0 spiro atoms. The van der Waals surface area contributed by atoms with Gasteiger partial charge < -0.3 is 10.3 Å². The Balaban J connectivity index is 1.86. The number of amides is 1. The van der Waals surface area contributed by atoms with Crippen molar-refractivity contribution in [2.24, 2.45) is 0 Å². The third kappa shape index (κ3) is 3.50. The maximum atomic E-state index is 11.8. The van der Waals surface area contributed by atoms with Crippen LogP contribution in [0.25, 0.3) is 11.0 Å². The van der Waals surface area contributed by atoms with Crippen molar-refractivity contribution in [3.05, 3.63) is 34.7 Å². The van der Waals surface area contributed by atoms with Crippen molar-refractivity contribution in [2.75, 3.05) is 6.54 Å². The highest BCUT2D eigenvalue weighted by Crippen LogP contribution is 2.08. The zero-order valence-corrected chi connectivity index (χ0v) is 11.8. The van der Waals surface area contributed by atoms with Crippen molar-refractivity contribution in [3.8, 4) is 0 Å². The van der Waals surface area contributed by atoms with Crippen molar-refractivity contribution in [1.82, 2.24) is 14.9 Å². The predicted molar refractivity (Wildman–Crippen MR) is 79.7 cm³/mol. The number of H-pyrrole nitrogens is 1. The van der Waals surface area contributed by atoms with Gasteiger partial charge in [0.25, 0.3) is 0 Å². The van der Waals surface area contributed by atoms with Crippen molar-refractivity contribution < 1.29 is 4.79 Å². The average Bonchev–Trinajstić information content (AvgIpc) is 2.77. The van der Waals surface area contributed by atoms with Crippen LogP contribution in [0.4, 0.5) is 0 Å². The van der Waals surface area contributed by atoms with Crippen LogP contribution in [0.1, 0.15) is 32.6 Å². The zero-order valence-electron chi connectivity index (χ0n) is 11.8. The number of para-hydroxylation sites is 2. The third-order valence-corrected chi connectivity index (χ3v) is 3.32. The number of imidazole rings is 1. The molecule has 1 heterocycles. The van der Waals surface area contributed by atoms with Gasteiger partial charge in [0.1, 0.15) is 0 Å². The number of benzene rings is 1. The summed E-state index contributed by atoms with van der Waals surface area (Å²) in [6.07, 6.45) is 3.29. The molecule has 0 bridgehead atoms. The lowest BCUT2D eigenvalue weighted by molar-refractivity contribution is -0.121. The van der Waals surface area contributed by atoms with Crippen LogP contribution in [-0.2, 0) is 11.3 Å². The molecule has 2 rings (SSSR count). The Morgan fingerprint density at radius 1 is 1.30 bits per heavy atom. The smallest absolute Gasteiger partial charge is 0.326 e. The van der Waals surface area contributed by atoms with Gasteiger partial charge in [-0.2, -0.15) is 0 Å². The maximum Gasteiger partial charge on any atom is 0.326 e. The molecule has 5 heteroatoms. The fourth-order valence-electron chi connectivity index (χ4n) is 2.22. The summed E-state index contributed by atoms with van der Waals surface area (Å²) >= 11 is 0. The molecule has 0 saturated heterocycles. The first-order valence-corrected chi connectivity index (χ1v) is 7.16. The molecule has 0 aliphatic heterocycles. The van der Waals surface area contributed by atoms with E-state index in [0.717, 1.165) is 30.3 Å². The Labute approximate surface area is 118 Å². The summed E-state index contributed by atoms with van der Waals surface area (Å²) in [6.45, 7) is 3.28. The summed E-state index contributed by atoms with van der Waals surface area (Å²) in [4.78, 5) is 26.1. The Morgan fingerprint density at radius 3 is 2.90 bits per heavy atom. The van der Waals surface area contributed by atoms with Gasteiger partial charge in [0, 0.05) is 19.5 Å². The van der Waals surface area contributed by atoms with E-state index < -0.39 is 0 Å². The fourth-order valence-corrected chi connectivity index (χ4v) is 2.22. The highest BCUT2D eigenvalue weighted by atomic mass is 16.2. The molecular weight excluding hydrogens is 254 g/mol. The molecule has 1 aromatic heterocycles. The van der Waals surface area contributed by atoms with Gasteiger partial charge in [-0.1, -0.05) is 25.5 Å². The van der Waals surface area contributed by atoms with Gasteiger partial charge in [-0.15, -0.1) is 0 Å². The number of carbonyl (C=O) groups is 1. The van der Waals surface area contributed by atoms with E-state index in [1.54, 1.807) is 4.57 Å². The van der Waals surface area contributed by atoms with Crippen LogP contribution < -0.4 is 11.0 Å². The molecule has 0 aliphatic rings. The standard InChI is InChI=1S/C15H21N3O2/c1-2-3-9-14(19)16-10-6-11-18-13-8-5-4-7-12(13)17-15(18)20/h4-5,7-8H,2-3,6,9-11H2,1H3,(H,16,19)(H,17,20). The molecule has 0 aliphatic carbocycles. The quantitative estimate of drug-likeness (QED) is 0.759. The van der Waals surface area contributed by atoms with Gasteiger partial charge in [0.15, 0.2) is 0 Å². The second-order valence-electron chi connectivity index (χ2n) is 4.91.